The minimum Gasteiger partial charge on any atom is -0.490 e. The maximum Gasteiger partial charge on any atom is 0.338 e. The van der Waals surface area contributed by atoms with E-state index >= 15 is 0 Å². The van der Waals surface area contributed by atoms with Crippen molar-refractivity contribution < 1.29 is 19.0 Å². The maximum atomic E-state index is 12.7. The number of ether oxygens (including phenoxy) is 3. The number of nitrogens with zero attached hydrogens (tertiary/aromatic N) is 4. The number of rotatable bonds is 7. The van der Waals surface area contributed by atoms with Crippen molar-refractivity contribution >= 4 is 27.8 Å². The zero-order chi connectivity index (χ0) is 23.5. The van der Waals surface area contributed by atoms with Crippen molar-refractivity contribution in [3.8, 4) is 11.5 Å². The number of nitrogens with one attached hydrogen (secondary N) is 1. The molecule has 1 aliphatic heterocycles. The molecule has 1 unspecified atom stereocenters. The van der Waals surface area contributed by atoms with Crippen molar-refractivity contribution in [1.29, 1.82) is 0 Å². The zero-order valence-corrected chi connectivity index (χ0v) is 20.3. The number of aryl methyl sites for hydroxylation is 1. The van der Waals surface area contributed by atoms with Crippen LogP contribution in [0.1, 0.15) is 36.6 Å². The lowest BCUT2D eigenvalue weighted by Gasteiger charge is -2.28. The molecule has 4 rings (SSSR count). The molecular formula is C23H24BrN5O4. The lowest BCUT2D eigenvalue weighted by atomic mass is 9.95. The summed E-state index contributed by atoms with van der Waals surface area (Å²) in [4.78, 5) is 12.7. The second-order valence-corrected chi connectivity index (χ2v) is 8.40. The quantitative estimate of drug-likeness (QED) is 0.469. The number of hydrogen-bond acceptors (Lipinski definition) is 8. The van der Waals surface area contributed by atoms with Crippen LogP contribution >= 0.6 is 15.9 Å². The van der Waals surface area contributed by atoms with Gasteiger partial charge in [-0.15, -0.1) is 0 Å². The summed E-state index contributed by atoms with van der Waals surface area (Å²) in [7, 11) is 1.35. The van der Waals surface area contributed by atoms with E-state index in [2.05, 4.69) is 42.8 Å². The molecule has 0 aliphatic carbocycles. The summed E-state index contributed by atoms with van der Waals surface area (Å²) in [5, 5.41) is 14.9. The van der Waals surface area contributed by atoms with Crippen molar-refractivity contribution in [3.05, 3.63) is 68.8 Å². The lowest BCUT2D eigenvalue weighted by Crippen LogP contribution is -2.29. The van der Waals surface area contributed by atoms with Gasteiger partial charge in [0.2, 0.25) is 5.95 Å². The summed E-state index contributed by atoms with van der Waals surface area (Å²) in [5.41, 5.74) is 3.97. The summed E-state index contributed by atoms with van der Waals surface area (Å²) in [6.07, 6.45) is 0. The normalized spacial score (nSPS) is 15.0. The molecule has 0 spiro atoms. The minimum absolute atomic E-state index is 0.386. The third-order valence-electron chi connectivity index (χ3n) is 5.23. The number of esters is 1. The molecule has 1 atom stereocenters. The van der Waals surface area contributed by atoms with Gasteiger partial charge in [-0.1, -0.05) is 34.9 Å². The number of fused-ring (bicyclic) bond motifs is 1. The summed E-state index contributed by atoms with van der Waals surface area (Å²) in [5.74, 6) is 1.08. The average molecular weight is 514 g/mol. The molecule has 33 heavy (non-hydrogen) atoms. The highest BCUT2D eigenvalue weighted by Gasteiger charge is 2.35. The minimum atomic E-state index is -0.606. The van der Waals surface area contributed by atoms with Crippen LogP contribution < -0.4 is 14.8 Å². The van der Waals surface area contributed by atoms with Gasteiger partial charge in [0.15, 0.2) is 11.5 Å². The Bertz CT molecular complexity index is 1220. The van der Waals surface area contributed by atoms with Gasteiger partial charge in [0.1, 0.15) is 12.6 Å². The van der Waals surface area contributed by atoms with Crippen molar-refractivity contribution in [2.24, 2.45) is 0 Å². The van der Waals surface area contributed by atoms with Crippen LogP contribution in [0.5, 0.6) is 11.5 Å². The number of tetrazole rings is 1. The first-order chi connectivity index (χ1) is 15.9. The van der Waals surface area contributed by atoms with Crippen LogP contribution in [0.3, 0.4) is 0 Å². The Hall–Kier alpha value is -3.40. The van der Waals surface area contributed by atoms with Crippen LogP contribution in [0.2, 0.25) is 0 Å². The van der Waals surface area contributed by atoms with E-state index in [-0.39, 0.29) is 0 Å². The van der Waals surface area contributed by atoms with E-state index < -0.39 is 12.0 Å². The number of benzene rings is 2. The molecule has 0 radical (unpaired) electrons. The van der Waals surface area contributed by atoms with Crippen LogP contribution in [0.4, 0.5) is 5.95 Å². The van der Waals surface area contributed by atoms with E-state index in [0.29, 0.717) is 46.4 Å². The first-order valence-corrected chi connectivity index (χ1v) is 11.2. The molecule has 0 amide bonds. The van der Waals surface area contributed by atoms with Gasteiger partial charge in [0, 0.05) is 5.70 Å². The molecule has 2 heterocycles. The summed E-state index contributed by atoms with van der Waals surface area (Å²) in [6, 6.07) is 11.3. The molecular weight excluding hydrogens is 490 g/mol. The molecule has 1 N–H and O–H groups in total. The summed E-state index contributed by atoms with van der Waals surface area (Å²) >= 11 is 3.63. The highest BCUT2D eigenvalue weighted by molar-refractivity contribution is 9.10. The fraction of sp³-hybridized carbons (Fsp3) is 0.304. The van der Waals surface area contributed by atoms with Gasteiger partial charge in [-0.2, -0.15) is 4.68 Å². The Morgan fingerprint density at radius 2 is 2.03 bits per heavy atom. The Labute approximate surface area is 199 Å². The summed E-state index contributed by atoms with van der Waals surface area (Å²) in [6.45, 7) is 6.56. The first kappa shape index (κ1) is 22.8. The van der Waals surface area contributed by atoms with Gasteiger partial charge in [0.05, 0.1) is 23.8 Å². The van der Waals surface area contributed by atoms with Gasteiger partial charge < -0.3 is 19.5 Å². The number of carbonyl (C=O) groups is 1. The Balaban J connectivity index is 1.76. The molecule has 2 aromatic carbocycles. The number of hydrogen-bond donors (Lipinski definition) is 1. The predicted octanol–water partition coefficient (Wildman–Crippen LogP) is 4.18. The van der Waals surface area contributed by atoms with Crippen molar-refractivity contribution in [2.45, 2.75) is 33.4 Å². The van der Waals surface area contributed by atoms with Crippen molar-refractivity contribution in [1.82, 2.24) is 20.2 Å². The fourth-order valence-corrected chi connectivity index (χ4v) is 4.38. The van der Waals surface area contributed by atoms with Gasteiger partial charge in [0.25, 0.3) is 0 Å². The zero-order valence-electron chi connectivity index (χ0n) is 18.8. The van der Waals surface area contributed by atoms with E-state index in [1.165, 1.54) is 7.11 Å². The van der Waals surface area contributed by atoms with E-state index in [4.69, 9.17) is 14.2 Å². The highest BCUT2D eigenvalue weighted by Crippen LogP contribution is 2.43. The molecule has 1 aliphatic rings. The van der Waals surface area contributed by atoms with Gasteiger partial charge in [-0.05, 0) is 70.4 Å². The van der Waals surface area contributed by atoms with Gasteiger partial charge in [-0.3, -0.25) is 0 Å². The van der Waals surface area contributed by atoms with Crippen LogP contribution in [0.15, 0.2) is 52.1 Å². The number of methoxy groups -OCH3 is 1. The highest BCUT2D eigenvalue weighted by atomic mass is 79.9. The molecule has 0 saturated carbocycles. The van der Waals surface area contributed by atoms with Crippen molar-refractivity contribution in [3.63, 3.8) is 0 Å². The van der Waals surface area contributed by atoms with E-state index in [9.17, 15) is 4.79 Å². The van der Waals surface area contributed by atoms with E-state index in [0.717, 1.165) is 16.7 Å². The van der Waals surface area contributed by atoms with Crippen molar-refractivity contribution in [2.75, 3.05) is 19.0 Å². The molecule has 0 fully saturated rings. The molecule has 0 saturated heterocycles. The van der Waals surface area contributed by atoms with Crippen LogP contribution in [-0.4, -0.2) is 39.9 Å². The number of anilines is 1. The first-order valence-electron chi connectivity index (χ1n) is 10.4. The second kappa shape index (κ2) is 9.62. The number of allylic oxidation sites excluding steroid dienone is 1. The average Bonchev–Trinajstić information content (AvgIpc) is 3.25. The largest absolute Gasteiger partial charge is 0.490 e. The molecule has 0 bridgehead atoms. The smallest absolute Gasteiger partial charge is 0.338 e. The second-order valence-electron chi connectivity index (χ2n) is 7.55. The Morgan fingerprint density at radius 1 is 1.21 bits per heavy atom. The summed E-state index contributed by atoms with van der Waals surface area (Å²) < 4.78 is 19.3. The molecule has 172 valence electrons. The molecule has 10 heteroatoms. The predicted molar refractivity (Wildman–Crippen MR) is 125 cm³/mol. The topological polar surface area (TPSA) is 100 Å². The maximum absolute atomic E-state index is 12.7. The fourth-order valence-electron chi connectivity index (χ4n) is 3.80. The van der Waals surface area contributed by atoms with Crippen LogP contribution in [0.25, 0.3) is 0 Å². The number of halogens is 1. The monoisotopic (exact) mass is 513 g/mol. The van der Waals surface area contributed by atoms with Crippen LogP contribution in [-0.2, 0) is 16.1 Å². The Morgan fingerprint density at radius 3 is 2.76 bits per heavy atom. The number of carbonyl (C=O) groups excluding carboxylic acids is 1. The van der Waals surface area contributed by atoms with Crippen LogP contribution in [0, 0.1) is 6.92 Å². The third-order valence-corrected chi connectivity index (χ3v) is 5.82. The molecule has 9 nitrogen and oxygen atoms in total. The molecule has 1 aromatic heterocycles. The van der Waals surface area contributed by atoms with Gasteiger partial charge >= 0.3 is 5.97 Å². The SMILES string of the molecule is CCOc1cc(C2C(C(=O)OC)=C(C)Nc3nnnn32)cc(Br)c1OCc1cccc(C)c1. The third kappa shape index (κ3) is 4.56. The lowest BCUT2D eigenvalue weighted by molar-refractivity contribution is -0.136. The molecule has 3 aromatic rings. The van der Waals surface area contributed by atoms with E-state index in [1.54, 1.807) is 11.6 Å². The van der Waals surface area contributed by atoms with E-state index in [1.807, 2.05) is 44.2 Å². The Kier molecular flexibility index (Phi) is 6.64. The number of aromatic nitrogens is 4. The van der Waals surface area contributed by atoms with Gasteiger partial charge in [-0.25, -0.2) is 4.79 Å². The standard InChI is InChI=1S/C23H24BrN5O4/c1-5-32-18-11-16(10-17(24)21(18)33-12-15-8-6-7-13(2)9-15)20-19(22(30)31-4)14(3)25-23-26-27-28-29(20)23/h6-11,20H,5,12H2,1-4H3,(H,25,26,28).